The molecule has 2 rings (SSSR count). The van der Waals surface area contributed by atoms with Crippen molar-refractivity contribution in [1.29, 1.82) is 0 Å². The Kier molecular flexibility index (Phi) is 4.74. The molecule has 1 aromatic heterocycles. The normalized spacial score (nSPS) is 11.3. The second kappa shape index (κ2) is 6.52. The minimum absolute atomic E-state index is 0.128. The fourth-order valence-corrected chi connectivity index (χ4v) is 2.08. The summed E-state index contributed by atoms with van der Waals surface area (Å²) in [6.45, 7) is 6.56. The van der Waals surface area contributed by atoms with Gasteiger partial charge in [-0.3, -0.25) is 10.1 Å². The predicted octanol–water partition coefficient (Wildman–Crippen LogP) is 3.61. The van der Waals surface area contributed by atoms with Crippen molar-refractivity contribution >= 4 is 16.6 Å². The monoisotopic (exact) mass is 276 g/mol. The minimum Gasteiger partial charge on any atom is -0.380 e. The Hall–Kier alpha value is -1.88. The molecule has 0 amide bonds. The first kappa shape index (κ1) is 14.5. The number of non-ortho nitro benzene ring substituents is 1. The van der Waals surface area contributed by atoms with Gasteiger partial charge in [0.1, 0.15) is 0 Å². The Bertz CT molecular complexity index is 590. The van der Waals surface area contributed by atoms with Crippen LogP contribution in [0.15, 0.2) is 30.5 Å². The van der Waals surface area contributed by atoms with Crippen molar-refractivity contribution in [3.63, 3.8) is 0 Å². The van der Waals surface area contributed by atoms with E-state index in [1.807, 2.05) is 12.3 Å². The van der Waals surface area contributed by atoms with Crippen LogP contribution in [-0.2, 0) is 11.3 Å². The third-order valence-corrected chi connectivity index (χ3v) is 3.28. The average Bonchev–Trinajstić information content (AvgIpc) is 2.80. The molecule has 0 fully saturated rings. The Morgan fingerprint density at radius 3 is 2.80 bits per heavy atom. The van der Waals surface area contributed by atoms with E-state index in [9.17, 15) is 10.1 Å². The highest BCUT2D eigenvalue weighted by Gasteiger charge is 2.08. The molecule has 1 heterocycles. The smallest absolute Gasteiger partial charge is 0.270 e. The molecule has 1 aromatic carbocycles. The van der Waals surface area contributed by atoms with E-state index < -0.39 is 0 Å². The highest BCUT2D eigenvalue weighted by molar-refractivity contribution is 5.82. The molecule has 0 saturated heterocycles. The second-order valence-corrected chi connectivity index (χ2v) is 5.30. The van der Waals surface area contributed by atoms with Crippen LogP contribution in [0, 0.1) is 16.0 Å². The summed E-state index contributed by atoms with van der Waals surface area (Å²) in [6.07, 6.45) is 3.01. The van der Waals surface area contributed by atoms with E-state index in [0.717, 1.165) is 30.5 Å². The molecule has 0 saturated carbocycles. The molecule has 2 aromatic rings. The van der Waals surface area contributed by atoms with Crippen LogP contribution in [0.5, 0.6) is 0 Å². The molecule has 20 heavy (non-hydrogen) atoms. The lowest BCUT2D eigenvalue weighted by molar-refractivity contribution is -0.384. The summed E-state index contributed by atoms with van der Waals surface area (Å²) in [5.74, 6) is 0.656. The number of nitro groups is 1. The van der Waals surface area contributed by atoms with Crippen LogP contribution in [0.2, 0.25) is 0 Å². The van der Waals surface area contributed by atoms with E-state index in [0.29, 0.717) is 12.5 Å². The quantitative estimate of drug-likeness (QED) is 0.441. The third kappa shape index (κ3) is 3.57. The molecule has 0 spiro atoms. The summed E-state index contributed by atoms with van der Waals surface area (Å²) in [4.78, 5) is 10.4. The number of fused-ring (bicyclic) bond motifs is 1. The summed E-state index contributed by atoms with van der Waals surface area (Å²) in [5, 5.41) is 11.6. The number of ether oxygens (including phenoxy) is 1. The molecule has 0 bridgehead atoms. The van der Waals surface area contributed by atoms with E-state index in [2.05, 4.69) is 18.4 Å². The van der Waals surface area contributed by atoms with E-state index >= 15 is 0 Å². The van der Waals surface area contributed by atoms with Gasteiger partial charge in [-0.25, -0.2) is 0 Å². The van der Waals surface area contributed by atoms with Gasteiger partial charge in [0.15, 0.2) is 0 Å². The van der Waals surface area contributed by atoms with Crippen molar-refractivity contribution in [1.82, 2.24) is 4.57 Å². The van der Waals surface area contributed by atoms with Gasteiger partial charge in [0.2, 0.25) is 0 Å². The molecule has 0 aliphatic rings. The van der Waals surface area contributed by atoms with Gasteiger partial charge in [0.05, 0.1) is 11.5 Å². The highest BCUT2D eigenvalue weighted by atomic mass is 16.6. The first-order valence-corrected chi connectivity index (χ1v) is 6.89. The number of hydrogen-bond donors (Lipinski definition) is 0. The zero-order valence-electron chi connectivity index (χ0n) is 11.9. The number of hydrogen-bond acceptors (Lipinski definition) is 3. The maximum absolute atomic E-state index is 10.7. The molecule has 0 N–H and O–H groups in total. The molecule has 0 unspecified atom stereocenters. The number of nitro benzene ring substituents is 1. The molecule has 108 valence electrons. The minimum atomic E-state index is -0.369. The van der Waals surface area contributed by atoms with E-state index in [1.165, 1.54) is 0 Å². The van der Waals surface area contributed by atoms with Gasteiger partial charge in [-0.15, -0.1) is 0 Å². The fourth-order valence-electron chi connectivity index (χ4n) is 2.08. The molecular formula is C15H20N2O3. The van der Waals surface area contributed by atoms with Crippen molar-refractivity contribution < 1.29 is 9.66 Å². The molecule has 0 atom stereocenters. The zero-order chi connectivity index (χ0) is 14.5. The molecule has 5 nitrogen and oxygen atoms in total. The lowest BCUT2D eigenvalue weighted by atomic mass is 10.1. The summed E-state index contributed by atoms with van der Waals surface area (Å²) in [5.41, 5.74) is 1.13. The first-order chi connectivity index (χ1) is 9.58. The Labute approximate surface area is 118 Å². The topological polar surface area (TPSA) is 57.3 Å². The molecule has 0 aliphatic carbocycles. The Morgan fingerprint density at radius 1 is 1.30 bits per heavy atom. The average molecular weight is 276 g/mol. The maximum Gasteiger partial charge on any atom is 0.270 e. The van der Waals surface area contributed by atoms with E-state index in [1.54, 1.807) is 18.2 Å². The fraction of sp³-hybridized carbons (Fsp3) is 0.467. The van der Waals surface area contributed by atoms with Crippen molar-refractivity contribution in [2.75, 3.05) is 13.2 Å². The van der Waals surface area contributed by atoms with Gasteiger partial charge in [0, 0.05) is 42.4 Å². The number of aromatic nitrogens is 1. The summed E-state index contributed by atoms with van der Waals surface area (Å²) < 4.78 is 7.66. The molecule has 0 aliphatic heterocycles. The van der Waals surface area contributed by atoms with Gasteiger partial charge in [-0.05, 0) is 24.5 Å². The molecular weight excluding hydrogens is 256 g/mol. The van der Waals surface area contributed by atoms with Crippen LogP contribution >= 0.6 is 0 Å². The lowest BCUT2D eigenvalue weighted by Crippen LogP contribution is -2.07. The van der Waals surface area contributed by atoms with Crippen LogP contribution < -0.4 is 0 Å². The van der Waals surface area contributed by atoms with Crippen LogP contribution in [0.1, 0.15) is 20.3 Å². The van der Waals surface area contributed by atoms with Gasteiger partial charge in [0.25, 0.3) is 5.69 Å². The maximum atomic E-state index is 10.7. The van der Waals surface area contributed by atoms with Crippen LogP contribution in [0.25, 0.3) is 10.9 Å². The third-order valence-electron chi connectivity index (χ3n) is 3.28. The number of benzene rings is 1. The van der Waals surface area contributed by atoms with Crippen LogP contribution in [0.4, 0.5) is 5.69 Å². The van der Waals surface area contributed by atoms with Crippen molar-refractivity contribution in [2.45, 2.75) is 26.8 Å². The SMILES string of the molecule is CC(C)CCOCCn1ccc2cc([N+](=O)[O-])ccc21. The van der Waals surface area contributed by atoms with Gasteiger partial charge >= 0.3 is 0 Å². The zero-order valence-corrected chi connectivity index (χ0v) is 11.9. The van der Waals surface area contributed by atoms with E-state index in [4.69, 9.17) is 4.74 Å². The number of rotatable bonds is 7. The van der Waals surface area contributed by atoms with Gasteiger partial charge in [-0.1, -0.05) is 13.8 Å². The van der Waals surface area contributed by atoms with Crippen molar-refractivity contribution in [3.8, 4) is 0 Å². The predicted molar refractivity (Wildman–Crippen MR) is 78.9 cm³/mol. The second-order valence-electron chi connectivity index (χ2n) is 5.30. The number of nitrogens with zero attached hydrogens (tertiary/aromatic N) is 2. The van der Waals surface area contributed by atoms with Crippen LogP contribution in [-0.4, -0.2) is 22.7 Å². The Balaban J connectivity index is 1.96. The van der Waals surface area contributed by atoms with Gasteiger partial charge < -0.3 is 9.30 Å². The Morgan fingerprint density at radius 2 is 2.10 bits per heavy atom. The lowest BCUT2D eigenvalue weighted by Gasteiger charge is -2.08. The van der Waals surface area contributed by atoms with E-state index in [-0.39, 0.29) is 10.6 Å². The molecule has 5 heteroatoms. The summed E-state index contributed by atoms with van der Waals surface area (Å²) >= 11 is 0. The van der Waals surface area contributed by atoms with Gasteiger partial charge in [-0.2, -0.15) is 0 Å². The highest BCUT2D eigenvalue weighted by Crippen LogP contribution is 2.21. The summed E-state index contributed by atoms with van der Waals surface area (Å²) in [7, 11) is 0. The van der Waals surface area contributed by atoms with Crippen molar-refractivity contribution in [3.05, 3.63) is 40.6 Å². The standard InChI is InChI=1S/C15H20N2O3/c1-12(2)6-9-20-10-8-16-7-5-13-11-14(17(18)19)3-4-15(13)16/h3-5,7,11-12H,6,8-10H2,1-2H3. The first-order valence-electron chi connectivity index (χ1n) is 6.89. The molecule has 0 radical (unpaired) electrons. The van der Waals surface area contributed by atoms with Crippen LogP contribution in [0.3, 0.4) is 0 Å². The van der Waals surface area contributed by atoms with Crippen molar-refractivity contribution in [2.24, 2.45) is 5.92 Å². The summed E-state index contributed by atoms with van der Waals surface area (Å²) in [6, 6.07) is 6.84. The largest absolute Gasteiger partial charge is 0.380 e.